The first-order valence-corrected chi connectivity index (χ1v) is 5.86. The van der Waals surface area contributed by atoms with Crippen molar-refractivity contribution in [2.24, 2.45) is 0 Å². The second kappa shape index (κ2) is 6.91. The molecule has 0 radical (unpaired) electrons. The molecule has 0 spiro atoms. The van der Waals surface area contributed by atoms with Crippen molar-refractivity contribution in [1.82, 2.24) is 5.32 Å². The minimum atomic E-state index is -0.764. The Morgan fingerprint density at radius 3 is 2.82 bits per heavy atom. The first kappa shape index (κ1) is 14.4. The Hall–Kier alpha value is -0.680. The van der Waals surface area contributed by atoms with Crippen LogP contribution >= 0.6 is 11.6 Å². The minimum absolute atomic E-state index is 0.264. The highest BCUT2D eigenvalue weighted by molar-refractivity contribution is 6.31. The van der Waals surface area contributed by atoms with Gasteiger partial charge in [0.25, 0.3) is 0 Å². The van der Waals surface area contributed by atoms with E-state index in [1.165, 1.54) is 6.07 Å². The number of aliphatic hydroxyl groups excluding tert-OH is 2. The van der Waals surface area contributed by atoms with Gasteiger partial charge in [-0.25, -0.2) is 4.39 Å². The van der Waals surface area contributed by atoms with E-state index in [2.05, 4.69) is 5.32 Å². The molecule has 3 N–H and O–H groups in total. The van der Waals surface area contributed by atoms with Crippen molar-refractivity contribution >= 4 is 11.6 Å². The lowest BCUT2D eigenvalue weighted by atomic mass is 10.1. The zero-order chi connectivity index (χ0) is 12.8. The molecule has 0 bridgehead atoms. The Morgan fingerprint density at radius 1 is 1.47 bits per heavy atom. The average molecular weight is 262 g/mol. The summed E-state index contributed by atoms with van der Waals surface area (Å²) in [6.45, 7) is 2.27. The second-order valence-electron chi connectivity index (χ2n) is 3.98. The van der Waals surface area contributed by atoms with Crippen LogP contribution in [0.3, 0.4) is 0 Å². The molecule has 0 heterocycles. The normalized spacial score (nSPS) is 12.8. The molecule has 1 rings (SSSR count). The van der Waals surface area contributed by atoms with Gasteiger partial charge in [-0.3, -0.25) is 0 Å². The molecule has 1 atom stereocenters. The largest absolute Gasteiger partial charge is 0.394 e. The van der Waals surface area contributed by atoms with Crippen LogP contribution in [0.4, 0.5) is 4.39 Å². The van der Waals surface area contributed by atoms with Gasteiger partial charge in [-0.05, 0) is 43.1 Å². The first-order valence-electron chi connectivity index (χ1n) is 5.48. The Labute approximate surface area is 105 Å². The summed E-state index contributed by atoms with van der Waals surface area (Å²) in [6.07, 6.45) is -0.186. The molecule has 17 heavy (non-hydrogen) atoms. The van der Waals surface area contributed by atoms with Crippen LogP contribution in [0.25, 0.3) is 0 Å². The molecule has 0 aliphatic carbocycles. The minimum Gasteiger partial charge on any atom is -0.394 e. The van der Waals surface area contributed by atoms with Crippen LogP contribution in [0.5, 0.6) is 0 Å². The lowest BCUT2D eigenvalue weighted by molar-refractivity contribution is 0.0947. The predicted molar refractivity (Wildman–Crippen MR) is 65.8 cm³/mol. The van der Waals surface area contributed by atoms with E-state index in [0.717, 1.165) is 5.56 Å². The van der Waals surface area contributed by atoms with Gasteiger partial charge in [-0.2, -0.15) is 0 Å². The average Bonchev–Trinajstić information content (AvgIpc) is 2.30. The van der Waals surface area contributed by atoms with Crippen molar-refractivity contribution in [2.75, 3.05) is 19.7 Å². The number of aliphatic hydroxyl groups is 2. The number of halogens is 2. The fourth-order valence-electron chi connectivity index (χ4n) is 1.44. The highest BCUT2D eigenvalue weighted by atomic mass is 35.5. The first-order chi connectivity index (χ1) is 8.04. The highest BCUT2D eigenvalue weighted by Gasteiger charge is 2.06. The lowest BCUT2D eigenvalue weighted by Crippen LogP contribution is -2.30. The number of nitrogens with one attached hydrogen (secondary N) is 1. The molecule has 1 aromatic carbocycles. The summed E-state index contributed by atoms with van der Waals surface area (Å²) in [6, 6.07) is 3.04. The van der Waals surface area contributed by atoms with Gasteiger partial charge >= 0.3 is 0 Å². The van der Waals surface area contributed by atoms with Crippen LogP contribution < -0.4 is 5.32 Å². The van der Waals surface area contributed by atoms with Crippen molar-refractivity contribution < 1.29 is 14.6 Å². The van der Waals surface area contributed by atoms with Gasteiger partial charge in [0.1, 0.15) is 5.82 Å². The van der Waals surface area contributed by atoms with Crippen LogP contribution in [0.2, 0.25) is 5.02 Å². The zero-order valence-electron chi connectivity index (χ0n) is 9.71. The van der Waals surface area contributed by atoms with Crippen LogP contribution in [0.15, 0.2) is 12.1 Å². The molecule has 0 aromatic heterocycles. The quantitative estimate of drug-likeness (QED) is 0.676. The van der Waals surface area contributed by atoms with Crippen LogP contribution in [-0.2, 0) is 6.42 Å². The number of benzene rings is 1. The molecular weight excluding hydrogens is 245 g/mol. The molecule has 0 aliphatic heterocycles. The summed E-state index contributed by atoms with van der Waals surface area (Å²) in [5.41, 5.74) is 1.27. The third kappa shape index (κ3) is 4.60. The number of aryl methyl sites for hydroxylation is 1. The fraction of sp³-hybridized carbons (Fsp3) is 0.500. The van der Waals surface area contributed by atoms with E-state index in [-0.39, 0.29) is 12.4 Å². The third-order valence-corrected chi connectivity index (χ3v) is 2.84. The van der Waals surface area contributed by atoms with Gasteiger partial charge < -0.3 is 15.5 Å². The van der Waals surface area contributed by atoms with Gasteiger partial charge in [-0.1, -0.05) is 11.6 Å². The van der Waals surface area contributed by atoms with Crippen LogP contribution in [0.1, 0.15) is 11.1 Å². The fourth-order valence-corrected chi connectivity index (χ4v) is 1.75. The van der Waals surface area contributed by atoms with Gasteiger partial charge in [0.2, 0.25) is 0 Å². The second-order valence-corrected chi connectivity index (χ2v) is 4.39. The van der Waals surface area contributed by atoms with Gasteiger partial charge in [-0.15, -0.1) is 0 Å². The molecule has 0 saturated heterocycles. The third-order valence-electron chi connectivity index (χ3n) is 2.49. The number of hydrogen-bond donors (Lipinski definition) is 3. The lowest BCUT2D eigenvalue weighted by Gasteiger charge is -2.10. The van der Waals surface area contributed by atoms with Crippen molar-refractivity contribution in [3.63, 3.8) is 0 Å². The molecule has 1 aromatic rings. The summed E-state index contributed by atoms with van der Waals surface area (Å²) in [4.78, 5) is 0. The maximum Gasteiger partial charge on any atom is 0.126 e. The molecular formula is C12H17ClFNO2. The maximum absolute atomic E-state index is 13.3. The highest BCUT2D eigenvalue weighted by Crippen LogP contribution is 2.20. The molecule has 5 heteroatoms. The molecule has 0 saturated carbocycles. The molecule has 96 valence electrons. The van der Waals surface area contributed by atoms with Gasteiger partial charge in [0, 0.05) is 11.6 Å². The molecule has 0 aliphatic rings. The number of rotatable bonds is 6. The number of hydrogen-bond acceptors (Lipinski definition) is 3. The Morgan fingerprint density at radius 2 is 2.18 bits per heavy atom. The van der Waals surface area contributed by atoms with Crippen LogP contribution in [0, 0.1) is 12.7 Å². The predicted octanol–water partition coefficient (Wildman–Crippen LogP) is 1.27. The van der Waals surface area contributed by atoms with E-state index in [9.17, 15) is 4.39 Å². The van der Waals surface area contributed by atoms with Crippen molar-refractivity contribution in [2.45, 2.75) is 19.4 Å². The van der Waals surface area contributed by atoms with E-state index < -0.39 is 6.10 Å². The Kier molecular flexibility index (Phi) is 5.85. The van der Waals surface area contributed by atoms with E-state index in [0.29, 0.717) is 30.1 Å². The van der Waals surface area contributed by atoms with Crippen molar-refractivity contribution in [1.29, 1.82) is 0 Å². The molecule has 0 amide bonds. The summed E-state index contributed by atoms with van der Waals surface area (Å²) < 4.78 is 13.3. The van der Waals surface area contributed by atoms with E-state index in [1.54, 1.807) is 13.0 Å². The summed E-state index contributed by atoms with van der Waals surface area (Å²) in [5, 5.41) is 21.2. The Bertz CT molecular complexity index is 374. The zero-order valence-corrected chi connectivity index (χ0v) is 10.5. The van der Waals surface area contributed by atoms with Gasteiger partial charge in [0.15, 0.2) is 0 Å². The molecule has 0 fully saturated rings. The van der Waals surface area contributed by atoms with E-state index >= 15 is 0 Å². The smallest absolute Gasteiger partial charge is 0.126 e. The van der Waals surface area contributed by atoms with E-state index in [4.69, 9.17) is 21.8 Å². The van der Waals surface area contributed by atoms with Crippen LogP contribution in [-0.4, -0.2) is 36.0 Å². The standard InChI is InChI=1S/C12H17ClFNO2/c1-8-4-11(13)9(5-12(8)14)2-3-15-6-10(17)7-16/h4-5,10,15-17H,2-3,6-7H2,1H3. The topological polar surface area (TPSA) is 52.5 Å². The SMILES string of the molecule is Cc1cc(Cl)c(CCNCC(O)CO)cc1F. The van der Waals surface area contributed by atoms with Crippen molar-refractivity contribution in [3.8, 4) is 0 Å². The molecule has 1 unspecified atom stereocenters. The Balaban J connectivity index is 2.44. The van der Waals surface area contributed by atoms with E-state index in [1.807, 2.05) is 0 Å². The maximum atomic E-state index is 13.3. The van der Waals surface area contributed by atoms with Gasteiger partial charge in [0.05, 0.1) is 12.7 Å². The summed E-state index contributed by atoms with van der Waals surface area (Å²) in [5.74, 6) is -0.264. The van der Waals surface area contributed by atoms with Crippen molar-refractivity contribution in [3.05, 3.63) is 34.1 Å². The summed E-state index contributed by atoms with van der Waals surface area (Å²) in [7, 11) is 0. The summed E-state index contributed by atoms with van der Waals surface area (Å²) >= 11 is 5.99. The monoisotopic (exact) mass is 261 g/mol. The molecule has 3 nitrogen and oxygen atoms in total.